The molecular weight excluding hydrogens is 221 g/mol. The quantitative estimate of drug-likeness (QED) is 0.806. The molecule has 0 aliphatic rings. The van der Waals surface area contributed by atoms with Gasteiger partial charge in [0, 0.05) is 25.1 Å². The molecule has 16 heavy (non-hydrogen) atoms. The van der Waals surface area contributed by atoms with Gasteiger partial charge in [0.2, 0.25) is 0 Å². The van der Waals surface area contributed by atoms with Crippen LogP contribution in [-0.4, -0.2) is 19.3 Å². The Balaban J connectivity index is 1.98. The number of hydrogen-bond acceptors (Lipinski definition) is 2. The highest BCUT2D eigenvalue weighted by atomic mass is 19.4. The van der Waals surface area contributed by atoms with Crippen molar-refractivity contribution in [1.82, 2.24) is 19.3 Å². The fourth-order valence-corrected chi connectivity index (χ4v) is 1.27. The number of halogens is 3. The summed E-state index contributed by atoms with van der Waals surface area (Å²) in [7, 11) is 0. The number of rotatable bonds is 3. The number of aryl methyl sites for hydroxylation is 2. The van der Waals surface area contributed by atoms with E-state index in [2.05, 4.69) is 10.1 Å². The van der Waals surface area contributed by atoms with Crippen LogP contribution in [0.4, 0.5) is 13.2 Å². The van der Waals surface area contributed by atoms with Crippen molar-refractivity contribution < 1.29 is 13.2 Å². The molecule has 0 amide bonds. The Morgan fingerprint density at radius 2 is 2.00 bits per heavy atom. The largest absolute Gasteiger partial charge is 0.435 e. The lowest BCUT2D eigenvalue weighted by Gasteiger charge is -2.03. The highest BCUT2D eigenvalue weighted by molar-refractivity contribution is 5.03. The monoisotopic (exact) mass is 230 g/mol. The molecule has 0 unspecified atom stereocenters. The third-order valence-corrected chi connectivity index (χ3v) is 2.08. The average molecular weight is 230 g/mol. The molecule has 0 aliphatic heterocycles. The van der Waals surface area contributed by atoms with Crippen molar-refractivity contribution in [2.75, 3.05) is 0 Å². The van der Waals surface area contributed by atoms with Gasteiger partial charge < -0.3 is 4.57 Å². The van der Waals surface area contributed by atoms with Crippen molar-refractivity contribution in [2.24, 2.45) is 0 Å². The van der Waals surface area contributed by atoms with Crippen molar-refractivity contribution in [3.63, 3.8) is 0 Å². The molecular formula is C9H9F3N4. The lowest BCUT2D eigenvalue weighted by atomic mass is 10.4. The summed E-state index contributed by atoms with van der Waals surface area (Å²) in [5.41, 5.74) is -0.863. The SMILES string of the molecule is FC(F)(F)c1ccn(CCn2ccnc2)n1. The van der Waals surface area contributed by atoms with Gasteiger partial charge in [-0.1, -0.05) is 0 Å². The van der Waals surface area contributed by atoms with E-state index in [1.165, 1.54) is 10.9 Å². The Morgan fingerprint density at radius 1 is 1.19 bits per heavy atom. The molecule has 0 radical (unpaired) electrons. The van der Waals surface area contributed by atoms with E-state index in [1.807, 2.05) is 0 Å². The smallest absolute Gasteiger partial charge is 0.336 e. The first kappa shape index (κ1) is 10.7. The van der Waals surface area contributed by atoms with Crippen LogP contribution in [0, 0.1) is 0 Å². The molecule has 0 N–H and O–H groups in total. The normalized spacial score (nSPS) is 11.9. The van der Waals surface area contributed by atoms with Gasteiger partial charge in [-0.25, -0.2) is 4.98 Å². The molecule has 0 saturated carbocycles. The molecule has 4 nitrogen and oxygen atoms in total. The third kappa shape index (κ3) is 2.41. The molecule has 0 saturated heterocycles. The second kappa shape index (κ2) is 3.99. The van der Waals surface area contributed by atoms with Crippen LogP contribution in [0.3, 0.4) is 0 Å². The standard InChI is InChI=1S/C9H9F3N4/c10-9(11,12)8-1-3-16(14-8)6-5-15-4-2-13-7-15/h1-4,7H,5-6H2. The summed E-state index contributed by atoms with van der Waals surface area (Å²) in [4.78, 5) is 3.83. The van der Waals surface area contributed by atoms with E-state index < -0.39 is 11.9 Å². The van der Waals surface area contributed by atoms with Crippen molar-refractivity contribution in [1.29, 1.82) is 0 Å². The van der Waals surface area contributed by atoms with Crippen LogP contribution in [0.25, 0.3) is 0 Å². The zero-order valence-electron chi connectivity index (χ0n) is 8.22. The molecule has 0 aromatic carbocycles. The molecule has 2 aromatic heterocycles. The fourth-order valence-electron chi connectivity index (χ4n) is 1.27. The van der Waals surface area contributed by atoms with E-state index in [1.54, 1.807) is 23.3 Å². The topological polar surface area (TPSA) is 35.6 Å². The van der Waals surface area contributed by atoms with Crippen LogP contribution in [0.2, 0.25) is 0 Å². The lowest BCUT2D eigenvalue weighted by molar-refractivity contribution is -0.141. The Hall–Kier alpha value is -1.79. The third-order valence-electron chi connectivity index (χ3n) is 2.08. The Morgan fingerprint density at radius 3 is 2.56 bits per heavy atom. The minimum atomic E-state index is -4.37. The average Bonchev–Trinajstić information content (AvgIpc) is 2.85. The highest BCUT2D eigenvalue weighted by Crippen LogP contribution is 2.27. The number of imidazole rings is 1. The van der Waals surface area contributed by atoms with Gasteiger partial charge in [-0.05, 0) is 6.07 Å². The van der Waals surface area contributed by atoms with Crippen LogP contribution in [0.5, 0.6) is 0 Å². The van der Waals surface area contributed by atoms with Crippen molar-refractivity contribution in [2.45, 2.75) is 19.3 Å². The maximum absolute atomic E-state index is 12.2. The molecule has 0 bridgehead atoms. The van der Waals surface area contributed by atoms with Gasteiger partial charge in [-0.15, -0.1) is 0 Å². The summed E-state index contributed by atoms with van der Waals surface area (Å²) in [5, 5.41) is 3.44. The van der Waals surface area contributed by atoms with Gasteiger partial charge >= 0.3 is 6.18 Å². The van der Waals surface area contributed by atoms with Gasteiger partial charge in [-0.3, -0.25) is 4.68 Å². The van der Waals surface area contributed by atoms with Gasteiger partial charge in [0.05, 0.1) is 12.9 Å². The molecule has 0 aliphatic carbocycles. The van der Waals surface area contributed by atoms with Crippen LogP contribution >= 0.6 is 0 Å². The lowest BCUT2D eigenvalue weighted by Crippen LogP contribution is -2.10. The second-order valence-corrected chi connectivity index (χ2v) is 3.26. The van der Waals surface area contributed by atoms with E-state index in [0.29, 0.717) is 13.1 Å². The maximum Gasteiger partial charge on any atom is 0.435 e. The van der Waals surface area contributed by atoms with E-state index >= 15 is 0 Å². The zero-order valence-corrected chi connectivity index (χ0v) is 8.22. The maximum atomic E-state index is 12.2. The Labute approximate surface area is 89.3 Å². The summed E-state index contributed by atoms with van der Waals surface area (Å²) in [6.45, 7) is 0.922. The van der Waals surface area contributed by atoms with E-state index in [9.17, 15) is 13.2 Å². The minimum absolute atomic E-state index is 0.381. The molecule has 0 atom stereocenters. The molecule has 2 aromatic rings. The molecule has 86 valence electrons. The minimum Gasteiger partial charge on any atom is -0.336 e. The van der Waals surface area contributed by atoms with Crippen LogP contribution in [-0.2, 0) is 19.3 Å². The summed E-state index contributed by atoms with van der Waals surface area (Å²) >= 11 is 0. The Kier molecular flexibility index (Phi) is 2.67. The fraction of sp³-hybridized carbons (Fsp3) is 0.333. The molecule has 2 rings (SSSR count). The van der Waals surface area contributed by atoms with Crippen LogP contribution in [0.1, 0.15) is 5.69 Å². The first-order valence-corrected chi connectivity index (χ1v) is 4.62. The Bertz CT molecular complexity index is 444. The van der Waals surface area contributed by atoms with E-state index in [0.717, 1.165) is 6.07 Å². The van der Waals surface area contributed by atoms with Crippen molar-refractivity contribution in [3.8, 4) is 0 Å². The summed E-state index contributed by atoms with van der Waals surface area (Å²) < 4.78 is 39.7. The number of alkyl halides is 3. The molecule has 2 heterocycles. The first-order chi connectivity index (χ1) is 7.55. The van der Waals surface area contributed by atoms with Crippen LogP contribution in [0.15, 0.2) is 31.0 Å². The van der Waals surface area contributed by atoms with Crippen LogP contribution < -0.4 is 0 Å². The summed E-state index contributed by atoms with van der Waals surface area (Å²) in [5.74, 6) is 0. The number of hydrogen-bond donors (Lipinski definition) is 0. The van der Waals surface area contributed by atoms with E-state index in [-0.39, 0.29) is 0 Å². The van der Waals surface area contributed by atoms with Gasteiger partial charge in [0.25, 0.3) is 0 Å². The number of aromatic nitrogens is 4. The van der Waals surface area contributed by atoms with Gasteiger partial charge in [0.1, 0.15) is 0 Å². The van der Waals surface area contributed by atoms with Crippen molar-refractivity contribution in [3.05, 3.63) is 36.7 Å². The predicted molar refractivity (Wildman–Crippen MR) is 49.5 cm³/mol. The first-order valence-electron chi connectivity index (χ1n) is 4.62. The second-order valence-electron chi connectivity index (χ2n) is 3.26. The highest BCUT2D eigenvalue weighted by Gasteiger charge is 2.33. The predicted octanol–water partition coefficient (Wildman–Crippen LogP) is 1.80. The van der Waals surface area contributed by atoms with Crippen molar-refractivity contribution >= 4 is 0 Å². The summed E-state index contributed by atoms with van der Waals surface area (Å²) in [6.07, 6.45) is 1.91. The number of nitrogens with zero attached hydrogens (tertiary/aromatic N) is 4. The molecule has 7 heteroatoms. The summed E-state index contributed by atoms with van der Waals surface area (Å²) in [6, 6.07) is 0.966. The zero-order chi connectivity index (χ0) is 11.6. The molecule has 0 fully saturated rings. The van der Waals surface area contributed by atoms with Gasteiger partial charge in [-0.2, -0.15) is 18.3 Å². The molecule has 0 spiro atoms. The van der Waals surface area contributed by atoms with Gasteiger partial charge in [0.15, 0.2) is 5.69 Å². The van der Waals surface area contributed by atoms with E-state index in [4.69, 9.17) is 0 Å².